The molecular weight excluding hydrogens is 326 g/mol. The standard InChI is InChI=1S/C20H33N5O/c1-16-5-3-11-24(15-16)12-4-9-21-19(26)18-7-13-25(14-8-18)20-22-10-6-17(2)23-20/h6,10,16,18H,3-5,7-9,11-15H2,1-2H3,(H,21,26)/t16-/m1/s1. The van der Waals surface area contributed by atoms with Crippen LogP contribution < -0.4 is 10.2 Å². The van der Waals surface area contributed by atoms with Crippen LogP contribution in [0, 0.1) is 18.8 Å². The molecule has 1 atom stereocenters. The Morgan fingerprint density at radius 2 is 2.08 bits per heavy atom. The summed E-state index contributed by atoms with van der Waals surface area (Å²) in [5.74, 6) is 1.97. The summed E-state index contributed by atoms with van der Waals surface area (Å²) in [6, 6.07) is 1.91. The van der Waals surface area contributed by atoms with E-state index in [2.05, 4.69) is 32.0 Å². The topological polar surface area (TPSA) is 61.4 Å². The number of anilines is 1. The molecule has 1 N–H and O–H groups in total. The van der Waals surface area contributed by atoms with E-state index in [1.165, 1.54) is 25.9 Å². The van der Waals surface area contributed by atoms with E-state index in [0.29, 0.717) is 0 Å². The molecule has 0 spiro atoms. The summed E-state index contributed by atoms with van der Waals surface area (Å²) in [4.78, 5) is 26.0. The second kappa shape index (κ2) is 9.31. The fraction of sp³-hybridized carbons (Fsp3) is 0.750. The Balaban J connectivity index is 1.33. The zero-order chi connectivity index (χ0) is 18.4. The van der Waals surface area contributed by atoms with Crippen LogP contribution in [0.3, 0.4) is 0 Å². The fourth-order valence-electron chi connectivity index (χ4n) is 4.08. The molecule has 2 aliphatic rings. The Morgan fingerprint density at radius 3 is 2.81 bits per heavy atom. The van der Waals surface area contributed by atoms with E-state index >= 15 is 0 Å². The molecule has 2 fully saturated rings. The van der Waals surface area contributed by atoms with Crippen LogP contribution in [0.15, 0.2) is 12.3 Å². The van der Waals surface area contributed by atoms with E-state index < -0.39 is 0 Å². The predicted octanol–water partition coefficient (Wildman–Crippen LogP) is 2.24. The highest BCUT2D eigenvalue weighted by Gasteiger charge is 2.26. The number of amides is 1. The lowest BCUT2D eigenvalue weighted by Gasteiger charge is -2.32. The van der Waals surface area contributed by atoms with Crippen molar-refractivity contribution in [1.29, 1.82) is 0 Å². The first kappa shape index (κ1) is 19.1. The number of aromatic nitrogens is 2. The Hall–Kier alpha value is -1.69. The van der Waals surface area contributed by atoms with Crippen molar-refractivity contribution in [2.75, 3.05) is 44.2 Å². The zero-order valence-electron chi connectivity index (χ0n) is 16.3. The molecule has 0 saturated carbocycles. The first-order valence-corrected chi connectivity index (χ1v) is 10.2. The quantitative estimate of drug-likeness (QED) is 0.790. The third-order valence-electron chi connectivity index (χ3n) is 5.62. The van der Waals surface area contributed by atoms with Crippen molar-refractivity contribution in [3.8, 4) is 0 Å². The highest BCUT2D eigenvalue weighted by Crippen LogP contribution is 2.21. The molecule has 144 valence electrons. The van der Waals surface area contributed by atoms with Gasteiger partial charge in [0.2, 0.25) is 11.9 Å². The summed E-state index contributed by atoms with van der Waals surface area (Å²) >= 11 is 0. The van der Waals surface area contributed by atoms with Crippen molar-refractivity contribution in [2.45, 2.75) is 46.0 Å². The summed E-state index contributed by atoms with van der Waals surface area (Å²) in [5.41, 5.74) is 0.984. The number of piperidine rings is 2. The monoisotopic (exact) mass is 359 g/mol. The largest absolute Gasteiger partial charge is 0.356 e. The number of likely N-dealkylation sites (tertiary alicyclic amines) is 1. The molecule has 3 heterocycles. The molecule has 26 heavy (non-hydrogen) atoms. The number of nitrogens with zero attached hydrogens (tertiary/aromatic N) is 4. The second-order valence-corrected chi connectivity index (χ2v) is 7.95. The number of aryl methyl sites for hydroxylation is 1. The van der Waals surface area contributed by atoms with Gasteiger partial charge in [0.25, 0.3) is 0 Å². The van der Waals surface area contributed by atoms with Crippen molar-refractivity contribution in [2.24, 2.45) is 11.8 Å². The molecule has 6 heteroatoms. The van der Waals surface area contributed by atoms with E-state index in [1.807, 2.05) is 13.0 Å². The Morgan fingerprint density at radius 1 is 1.27 bits per heavy atom. The molecule has 0 aliphatic carbocycles. The van der Waals surface area contributed by atoms with Crippen molar-refractivity contribution >= 4 is 11.9 Å². The maximum Gasteiger partial charge on any atom is 0.225 e. The van der Waals surface area contributed by atoms with E-state index in [9.17, 15) is 4.79 Å². The Kier molecular flexibility index (Phi) is 6.83. The molecule has 2 saturated heterocycles. The summed E-state index contributed by atoms with van der Waals surface area (Å²) in [6.45, 7) is 10.4. The molecular formula is C20H33N5O. The maximum absolute atomic E-state index is 12.4. The van der Waals surface area contributed by atoms with Gasteiger partial charge in [-0.25, -0.2) is 9.97 Å². The Labute approximate surface area is 157 Å². The van der Waals surface area contributed by atoms with E-state index in [1.54, 1.807) is 6.20 Å². The van der Waals surface area contributed by atoms with Crippen LogP contribution >= 0.6 is 0 Å². The highest BCUT2D eigenvalue weighted by molar-refractivity contribution is 5.78. The molecule has 0 aromatic carbocycles. The number of hydrogen-bond acceptors (Lipinski definition) is 5. The predicted molar refractivity (Wildman–Crippen MR) is 104 cm³/mol. The fourth-order valence-corrected chi connectivity index (χ4v) is 4.08. The number of rotatable bonds is 6. The zero-order valence-corrected chi connectivity index (χ0v) is 16.3. The molecule has 1 aromatic rings. The SMILES string of the molecule is Cc1ccnc(N2CCC(C(=O)NCCCN3CCC[C@@H](C)C3)CC2)n1. The highest BCUT2D eigenvalue weighted by atomic mass is 16.1. The Bertz CT molecular complexity index is 585. The van der Waals surface area contributed by atoms with Crippen LogP contribution in [0.25, 0.3) is 0 Å². The van der Waals surface area contributed by atoms with Gasteiger partial charge in [-0.15, -0.1) is 0 Å². The van der Waals surface area contributed by atoms with E-state index in [0.717, 1.165) is 63.0 Å². The van der Waals surface area contributed by atoms with Crippen molar-refractivity contribution in [1.82, 2.24) is 20.2 Å². The second-order valence-electron chi connectivity index (χ2n) is 7.95. The van der Waals surface area contributed by atoms with Crippen molar-refractivity contribution in [3.63, 3.8) is 0 Å². The van der Waals surface area contributed by atoms with Crippen LogP contribution in [-0.2, 0) is 4.79 Å². The molecule has 0 bridgehead atoms. The minimum atomic E-state index is 0.131. The molecule has 0 unspecified atom stereocenters. The first-order valence-electron chi connectivity index (χ1n) is 10.2. The minimum absolute atomic E-state index is 0.131. The smallest absolute Gasteiger partial charge is 0.225 e. The molecule has 2 aliphatic heterocycles. The van der Waals surface area contributed by atoms with Crippen LogP contribution in [0.2, 0.25) is 0 Å². The molecule has 1 amide bonds. The first-order chi connectivity index (χ1) is 12.6. The lowest BCUT2D eigenvalue weighted by molar-refractivity contribution is -0.125. The molecule has 1 aromatic heterocycles. The van der Waals surface area contributed by atoms with Crippen LogP contribution in [0.1, 0.15) is 44.7 Å². The van der Waals surface area contributed by atoms with Crippen molar-refractivity contribution in [3.05, 3.63) is 18.0 Å². The summed E-state index contributed by atoms with van der Waals surface area (Å²) in [7, 11) is 0. The third-order valence-corrected chi connectivity index (χ3v) is 5.62. The summed E-state index contributed by atoms with van der Waals surface area (Å²) in [5, 5.41) is 3.15. The van der Waals surface area contributed by atoms with Gasteiger partial charge in [-0.1, -0.05) is 6.92 Å². The normalized spacial score (nSPS) is 22.4. The average molecular weight is 360 g/mol. The van der Waals surface area contributed by atoms with Crippen LogP contribution in [0.5, 0.6) is 0 Å². The van der Waals surface area contributed by atoms with E-state index in [4.69, 9.17) is 0 Å². The van der Waals surface area contributed by atoms with Gasteiger partial charge >= 0.3 is 0 Å². The van der Waals surface area contributed by atoms with Crippen LogP contribution in [0.4, 0.5) is 5.95 Å². The van der Waals surface area contributed by atoms with Crippen molar-refractivity contribution < 1.29 is 4.79 Å². The maximum atomic E-state index is 12.4. The van der Waals surface area contributed by atoms with Gasteiger partial charge in [0.1, 0.15) is 0 Å². The number of nitrogens with one attached hydrogen (secondary N) is 1. The van der Waals surface area contributed by atoms with Gasteiger partial charge < -0.3 is 15.1 Å². The van der Waals surface area contributed by atoms with E-state index in [-0.39, 0.29) is 11.8 Å². The average Bonchev–Trinajstić information content (AvgIpc) is 2.65. The van der Waals surface area contributed by atoms with Crippen LogP contribution in [-0.4, -0.2) is 60.0 Å². The summed E-state index contributed by atoms with van der Waals surface area (Å²) in [6.07, 6.45) is 7.30. The lowest BCUT2D eigenvalue weighted by Crippen LogP contribution is -2.42. The molecule has 3 rings (SSSR count). The lowest BCUT2D eigenvalue weighted by atomic mass is 9.96. The van der Waals surface area contributed by atoms with Gasteiger partial charge in [-0.05, 0) is 64.1 Å². The number of carbonyl (C=O) groups excluding carboxylic acids is 1. The number of hydrogen-bond donors (Lipinski definition) is 1. The number of carbonyl (C=O) groups is 1. The summed E-state index contributed by atoms with van der Waals surface area (Å²) < 4.78 is 0. The third kappa shape index (κ3) is 5.40. The van der Waals surface area contributed by atoms with Gasteiger partial charge in [0.15, 0.2) is 0 Å². The molecule has 0 radical (unpaired) electrons. The van der Waals surface area contributed by atoms with Gasteiger partial charge in [-0.2, -0.15) is 0 Å². The van der Waals surface area contributed by atoms with Gasteiger partial charge in [-0.3, -0.25) is 4.79 Å². The molecule has 6 nitrogen and oxygen atoms in total. The minimum Gasteiger partial charge on any atom is -0.356 e. The van der Waals surface area contributed by atoms with Gasteiger partial charge in [0.05, 0.1) is 0 Å². The van der Waals surface area contributed by atoms with Gasteiger partial charge in [0, 0.05) is 44.0 Å².